The van der Waals surface area contributed by atoms with Crippen molar-refractivity contribution in [3.8, 4) is 17.1 Å². The number of aromatic amines is 1. The van der Waals surface area contributed by atoms with Crippen molar-refractivity contribution in [2.24, 2.45) is 0 Å². The summed E-state index contributed by atoms with van der Waals surface area (Å²) < 4.78 is 7.60. The minimum atomic E-state index is -0.119. The maximum Gasteiger partial charge on any atom is 0.234 e. The first kappa shape index (κ1) is 20.0. The van der Waals surface area contributed by atoms with E-state index >= 15 is 0 Å². The Balaban J connectivity index is 1.49. The van der Waals surface area contributed by atoms with E-state index in [-0.39, 0.29) is 11.7 Å². The third-order valence-electron chi connectivity index (χ3n) is 4.66. The summed E-state index contributed by atoms with van der Waals surface area (Å²) in [5, 5.41) is 13.5. The molecule has 1 amide bonds. The van der Waals surface area contributed by atoms with Crippen LogP contribution in [0, 0.1) is 0 Å². The predicted octanol–water partition coefficient (Wildman–Crippen LogP) is 4.58. The average Bonchev–Trinajstić information content (AvgIpc) is 3.37. The van der Waals surface area contributed by atoms with Crippen molar-refractivity contribution in [2.75, 3.05) is 17.7 Å². The number of hydrogen-bond acceptors (Lipinski definition) is 5. The van der Waals surface area contributed by atoms with Gasteiger partial charge in [-0.2, -0.15) is 0 Å². The standard InChI is InChI=1S/C22H23N5O2S/c1-3-27-21(16-13-23-17-10-6-5-9-15(16)17)25-26-22(27)30-14-20(28)24-18-11-7-8-12-19(18)29-4-2/h5-13,23H,3-4,14H2,1-2H3,(H,24,28). The van der Waals surface area contributed by atoms with Crippen molar-refractivity contribution in [1.29, 1.82) is 0 Å². The Kier molecular flexibility index (Phi) is 6.04. The topological polar surface area (TPSA) is 84.8 Å². The molecule has 0 aliphatic rings. The molecule has 2 N–H and O–H groups in total. The second kappa shape index (κ2) is 9.04. The zero-order valence-corrected chi connectivity index (χ0v) is 17.7. The van der Waals surface area contributed by atoms with Gasteiger partial charge in [-0.1, -0.05) is 42.1 Å². The highest BCUT2D eigenvalue weighted by atomic mass is 32.2. The Hall–Kier alpha value is -3.26. The maximum atomic E-state index is 12.5. The Morgan fingerprint density at radius 2 is 1.93 bits per heavy atom. The van der Waals surface area contributed by atoms with Crippen LogP contribution in [0.15, 0.2) is 59.9 Å². The van der Waals surface area contributed by atoms with Crippen LogP contribution in [-0.4, -0.2) is 38.0 Å². The van der Waals surface area contributed by atoms with Gasteiger partial charge >= 0.3 is 0 Å². The number of nitrogens with one attached hydrogen (secondary N) is 2. The first-order valence-corrected chi connectivity index (χ1v) is 10.8. The molecule has 0 bridgehead atoms. The zero-order valence-electron chi connectivity index (χ0n) is 16.9. The van der Waals surface area contributed by atoms with Crippen molar-refractivity contribution in [3.63, 3.8) is 0 Å². The lowest BCUT2D eigenvalue weighted by atomic mass is 10.1. The fraction of sp³-hybridized carbons (Fsp3) is 0.227. The third kappa shape index (κ3) is 4.04. The number of nitrogens with zero attached hydrogens (tertiary/aromatic N) is 3. The van der Waals surface area contributed by atoms with Crippen LogP contribution in [0.3, 0.4) is 0 Å². The fourth-order valence-corrected chi connectivity index (χ4v) is 4.11. The molecule has 7 nitrogen and oxygen atoms in total. The molecule has 0 spiro atoms. The number of ether oxygens (including phenoxy) is 1. The molecule has 0 aliphatic heterocycles. The van der Waals surface area contributed by atoms with E-state index in [1.807, 2.05) is 67.1 Å². The summed E-state index contributed by atoms with van der Waals surface area (Å²) in [6.07, 6.45) is 1.95. The molecule has 30 heavy (non-hydrogen) atoms. The molecule has 0 atom stereocenters. The molecular weight excluding hydrogens is 398 g/mol. The van der Waals surface area contributed by atoms with Crippen LogP contribution in [0.5, 0.6) is 5.75 Å². The van der Waals surface area contributed by atoms with E-state index in [2.05, 4.69) is 26.6 Å². The number of amides is 1. The minimum Gasteiger partial charge on any atom is -0.492 e. The van der Waals surface area contributed by atoms with E-state index in [0.717, 1.165) is 22.3 Å². The van der Waals surface area contributed by atoms with Gasteiger partial charge in [-0.05, 0) is 32.0 Å². The van der Waals surface area contributed by atoms with Gasteiger partial charge in [0, 0.05) is 29.2 Å². The van der Waals surface area contributed by atoms with Crippen LogP contribution >= 0.6 is 11.8 Å². The maximum absolute atomic E-state index is 12.5. The molecule has 4 aromatic rings. The number of rotatable bonds is 8. The molecule has 2 heterocycles. The first-order valence-electron chi connectivity index (χ1n) is 9.85. The monoisotopic (exact) mass is 421 g/mol. The van der Waals surface area contributed by atoms with Crippen molar-refractivity contribution in [1.82, 2.24) is 19.7 Å². The summed E-state index contributed by atoms with van der Waals surface area (Å²) in [5.74, 6) is 1.56. The Morgan fingerprint density at radius 3 is 2.77 bits per heavy atom. The molecule has 8 heteroatoms. The second-order valence-electron chi connectivity index (χ2n) is 6.56. The third-order valence-corrected chi connectivity index (χ3v) is 5.62. The highest BCUT2D eigenvalue weighted by Gasteiger charge is 2.17. The zero-order chi connectivity index (χ0) is 20.9. The normalized spacial score (nSPS) is 11.0. The van der Waals surface area contributed by atoms with Crippen LogP contribution < -0.4 is 10.1 Å². The number of para-hydroxylation sites is 3. The van der Waals surface area contributed by atoms with E-state index in [0.29, 0.717) is 29.7 Å². The van der Waals surface area contributed by atoms with Crippen LogP contribution in [-0.2, 0) is 11.3 Å². The largest absolute Gasteiger partial charge is 0.492 e. The fourth-order valence-electron chi connectivity index (χ4n) is 3.30. The van der Waals surface area contributed by atoms with Gasteiger partial charge in [-0.25, -0.2) is 0 Å². The predicted molar refractivity (Wildman–Crippen MR) is 120 cm³/mol. The molecule has 2 aromatic carbocycles. The summed E-state index contributed by atoms with van der Waals surface area (Å²) in [6, 6.07) is 15.5. The summed E-state index contributed by atoms with van der Waals surface area (Å²) >= 11 is 1.37. The lowest BCUT2D eigenvalue weighted by molar-refractivity contribution is -0.113. The van der Waals surface area contributed by atoms with Crippen molar-refractivity contribution in [2.45, 2.75) is 25.5 Å². The van der Waals surface area contributed by atoms with E-state index in [1.54, 1.807) is 0 Å². The lowest BCUT2D eigenvalue weighted by Gasteiger charge is -2.11. The smallest absolute Gasteiger partial charge is 0.234 e. The summed E-state index contributed by atoms with van der Waals surface area (Å²) in [7, 11) is 0. The van der Waals surface area contributed by atoms with E-state index < -0.39 is 0 Å². The van der Waals surface area contributed by atoms with Crippen molar-refractivity contribution in [3.05, 3.63) is 54.7 Å². The SMILES string of the molecule is CCOc1ccccc1NC(=O)CSc1nnc(-c2c[nH]c3ccccc23)n1CC. The molecule has 0 saturated heterocycles. The Morgan fingerprint density at radius 1 is 1.13 bits per heavy atom. The molecular formula is C22H23N5O2S. The van der Waals surface area contributed by atoms with Crippen LogP contribution in [0.2, 0.25) is 0 Å². The number of benzene rings is 2. The average molecular weight is 422 g/mol. The number of H-pyrrole nitrogens is 1. The van der Waals surface area contributed by atoms with Crippen LogP contribution in [0.1, 0.15) is 13.8 Å². The molecule has 0 unspecified atom stereocenters. The summed E-state index contributed by atoms with van der Waals surface area (Å²) in [5.41, 5.74) is 2.72. The lowest BCUT2D eigenvalue weighted by Crippen LogP contribution is -2.15. The Bertz CT molecular complexity index is 1170. The van der Waals surface area contributed by atoms with E-state index in [1.165, 1.54) is 11.8 Å². The van der Waals surface area contributed by atoms with E-state index in [9.17, 15) is 4.79 Å². The van der Waals surface area contributed by atoms with Gasteiger partial charge in [0.2, 0.25) is 5.91 Å². The molecule has 154 valence electrons. The van der Waals surface area contributed by atoms with Gasteiger partial charge in [0.1, 0.15) is 5.75 Å². The van der Waals surface area contributed by atoms with Gasteiger partial charge in [0.25, 0.3) is 0 Å². The number of anilines is 1. The molecule has 0 fully saturated rings. The van der Waals surface area contributed by atoms with Gasteiger partial charge in [0.15, 0.2) is 11.0 Å². The first-order chi connectivity index (χ1) is 14.7. The number of hydrogen-bond donors (Lipinski definition) is 2. The molecule has 4 rings (SSSR count). The van der Waals surface area contributed by atoms with E-state index in [4.69, 9.17) is 4.74 Å². The number of carbonyl (C=O) groups excluding carboxylic acids is 1. The minimum absolute atomic E-state index is 0.119. The molecule has 0 aliphatic carbocycles. The van der Waals surface area contributed by atoms with Gasteiger partial charge in [-0.3, -0.25) is 4.79 Å². The highest BCUT2D eigenvalue weighted by Crippen LogP contribution is 2.30. The second-order valence-corrected chi connectivity index (χ2v) is 7.51. The van der Waals surface area contributed by atoms with Gasteiger partial charge in [-0.15, -0.1) is 10.2 Å². The molecule has 2 aromatic heterocycles. The van der Waals surface area contributed by atoms with Crippen LogP contribution in [0.25, 0.3) is 22.3 Å². The van der Waals surface area contributed by atoms with Gasteiger partial charge in [0.05, 0.1) is 18.0 Å². The van der Waals surface area contributed by atoms with Gasteiger partial charge < -0.3 is 19.6 Å². The number of fused-ring (bicyclic) bond motifs is 1. The number of thioether (sulfide) groups is 1. The van der Waals surface area contributed by atoms with Crippen molar-refractivity contribution >= 4 is 34.3 Å². The quantitative estimate of drug-likeness (QED) is 0.407. The Labute approximate surface area is 178 Å². The summed E-state index contributed by atoms with van der Waals surface area (Å²) in [4.78, 5) is 15.8. The van der Waals surface area contributed by atoms with Crippen molar-refractivity contribution < 1.29 is 9.53 Å². The van der Waals surface area contributed by atoms with Crippen LogP contribution in [0.4, 0.5) is 5.69 Å². The summed E-state index contributed by atoms with van der Waals surface area (Å²) in [6.45, 7) is 5.21. The molecule has 0 radical (unpaired) electrons. The molecule has 0 saturated carbocycles. The number of carbonyl (C=O) groups is 1. The number of aromatic nitrogens is 4. The highest BCUT2D eigenvalue weighted by molar-refractivity contribution is 7.99.